The number of carbonyl (C=O) groups is 2. The number of aliphatic hydroxyl groups is 1. The van der Waals surface area contributed by atoms with Crippen molar-refractivity contribution in [2.24, 2.45) is 0 Å². The number of imide groups is 1. The number of nitrogens with zero attached hydrogens (tertiary/aromatic N) is 1. The van der Waals surface area contributed by atoms with E-state index in [1.165, 1.54) is 0 Å². The molecule has 1 heterocycles. The molecule has 6 heteroatoms. The fraction of sp³-hybridized carbons (Fsp3) is 0.429. The van der Waals surface area contributed by atoms with Gasteiger partial charge in [-0.25, -0.2) is 4.79 Å². The minimum Gasteiger partial charge on any atom is -0.375 e. The third-order valence-corrected chi connectivity index (χ3v) is 3.06. The third-order valence-electron chi connectivity index (χ3n) is 3.06. The molecule has 1 fully saturated rings. The van der Waals surface area contributed by atoms with Crippen molar-refractivity contribution >= 4 is 11.9 Å². The van der Waals surface area contributed by atoms with Crippen molar-refractivity contribution in [2.45, 2.75) is 32.2 Å². The van der Waals surface area contributed by atoms with Gasteiger partial charge in [-0.3, -0.25) is 9.69 Å². The minimum atomic E-state index is -1.09. The van der Waals surface area contributed by atoms with Gasteiger partial charge in [0.05, 0.1) is 25.7 Å². The Morgan fingerprint density at radius 1 is 1.40 bits per heavy atom. The molecule has 0 aliphatic carbocycles. The summed E-state index contributed by atoms with van der Waals surface area (Å²) in [7, 11) is 0. The molecule has 2 N–H and O–H groups in total. The molecule has 1 saturated heterocycles. The number of amides is 3. The number of urea groups is 1. The smallest absolute Gasteiger partial charge is 0.326 e. The fourth-order valence-electron chi connectivity index (χ4n) is 2.08. The molecule has 1 aliphatic heterocycles. The number of hydrogen-bond donors (Lipinski definition) is 2. The number of carbonyl (C=O) groups excluding carboxylic acids is 2. The van der Waals surface area contributed by atoms with Crippen LogP contribution in [-0.4, -0.2) is 40.8 Å². The Hall–Kier alpha value is -1.92. The van der Waals surface area contributed by atoms with Crippen LogP contribution in [0.3, 0.4) is 0 Å². The van der Waals surface area contributed by atoms with Gasteiger partial charge in [-0.1, -0.05) is 30.3 Å². The first-order chi connectivity index (χ1) is 9.58. The summed E-state index contributed by atoms with van der Waals surface area (Å²) in [5.74, 6) is -0.392. The van der Waals surface area contributed by atoms with Crippen molar-refractivity contribution in [1.29, 1.82) is 0 Å². The maximum absolute atomic E-state index is 11.7. The van der Waals surface area contributed by atoms with Gasteiger partial charge < -0.3 is 15.2 Å². The standard InChI is InChI=1S/C14H18N2O4/c1-10(8-20-9-11-5-3-2-4-6-11)16-13(18)7-12(17)15-14(16)19/h2-6,10,12,17H,7-9H2,1H3,(H,15,19)/t10-,12?/m1/s1. The van der Waals surface area contributed by atoms with Crippen molar-refractivity contribution < 1.29 is 19.4 Å². The molecule has 0 saturated carbocycles. The maximum atomic E-state index is 11.7. The fourth-order valence-corrected chi connectivity index (χ4v) is 2.08. The lowest BCUT2D eigenvalue weighted by atomic mass is 10.2. The van der Waals surface area contributed by atoms with Crippen LogP contribution < -0.4 is 5.32 Å². The van der Waals surface area contributed by atoms with E-state index in [0.29, 0.717) is 6.61 Å². The molecule has 1 unspecified atom stereocenters. The van der Waals surface area contributed by atoms with E-state index in [9.17, 15) is 14.7 Å². The first-order valence-electron chi connectivity index (χ1n) is 6.50. The van der Waals surface area contributed by atoms with Crippen molar-refractivity contribution in [2.75, 3.05) is 6.61 Å². The Morgan fingerprint density at radius 2 is 2.10 bits per heavy atom. The zero-order valence-corrected chi connectivity index (χ0v) is 11.3. The number of aliphatic hydroxyl groups excluding tert-OH is 1. The quantitative estimate of drug-likeness (QED) is 0.837. The van der Waals surface area contributed by atoms with Gasteiger partial charge in [0.1, 0.15) is 6.23 Å². The van der Waals surface area contributed by atoms with Crippen molar-refractivity contribution in [1.82, 2.24) is 10.2 Å². The summed E-state index contributed by atoms with van der Waals surface area (Å²) < 4.78 is 5.52. The van der Waals surface area contributed by atoms with Crippen LogP contribution in [0, 0.1) is 0 Å². The lowest BCUT2D eigenvalue weighted by Crippen LogP contribution is -2.58. The molecule has 108 valence electrons. The molecule has 3 amide bonds. The normalized spacial score (nSPS) is 20.7. The summed E-state index contributed by atoms with van der Waals surface area (Å²) in [6, 6.07) is 8.70. The van der Waals surface area contributed by atoms with E-state index in [1.54, 1.807) is 6.92 Å². The first kappa shape index (κ1) is 14.5. The topological polar surface area (TPSA) is 78.9 Å². The summed E-state index contributed by atoms with van der Waals surface area (Å²) >= 11 is 0. The number of hydrogen-bond acceptors (Lipinski definition) is 4. The van der Waals surface area contributed by atoms with Crippen LogP contribution in [0.2, 0.25) is 0 Å². The number of nitrogens with one attached hydrogen (secondary N) is 1. The largest absolute Gasteiger partial charge is 0.375 e. The average molecular weight is 278 g/mol. The molecular weight excluding hydrogens is 260 g/mol. The van der Waals surface area contributed by atoms with Gasteiger partial charge in [-0.15, -0.1) is 0 Å². The van der Waals surface area contributed by atoms with Gasteiger partial charge in [0.2, 0.25) is 5.91 Å². The molecule has 2 rings (SSSR count). The molecule has 0 bridgehead atoms. The highest BCUT2D eigenvalue weighted by Crippen LogP contribution is 2.11. The van der Waals surface area contributed by atoms with Gasteiger partial charge in [0.15, 0.2) is 0 Å². The lowest BCUT2D eigenvalue weighted by Gasteiger charge is -2.32. The van der Waals surface area contributed by atoms with Crippen molar-refractivity contribution in [3.63, 3.8) is 0 Å². The van der Waals surface area contributed by atoms with E-state index in [-0.39, 0.29) is 19.1 Å². The summed E-state index contributed by atoms with van der Waals surface area (Å²) in [6.45, 7) is 2.42. The summed E-state index contributed by atoms with van der Waals surface area (Å²) in [5.41, 5.74) is 1.03. The summed E-state index contributed by atoms with van der Waals surface area (Å²) in [4.78, 5) is 24.5. The molecule has 2 atom stereocenters. The van der Waals surface area contributed by atoms with Crippen LogP contribution in [0.1, 0.15) is 18.9 Å². The van der Waals surface area contributed by atoms with Crippen LogP contribution in [-0.2, 0) is 16.1 Å². The number of benzene rings is 1. The van der Waals surface area contributed by atoms with Gasteiger partial charge in [-0.2, -0.15) is 0 Å². The highest BCUT2D eigenvalue weighted by atomic mass is 16.5. The molecule has 20 heavy (non-hydrogen) atoms. The van der Waals surface area contributed by atoms with Crippen LogP contribution in [0.25, 0.3) is 0 Å². The van der Waals surface area contributed by atoms with Gasteiger partial charge in [-0.05, 0) is 12.5 Å². The van der Waals surface area contributed by atoms with E-state index >= 15 is 0 Å². The Labute approximate surface area is 117 Å². The predicted molar refractivity (Wildman–Crippen MR) is 71.6 cm³/mol. The summed E-state index contributed by atoms with van der Waals surface area (Å²) in [6.07, 6.45) is -1.20. The molecule has 0 spiro atoms. The van der Waals surface area contributed by atoms with Gasteiger partial charge in [0, 0.05) is 0 Å². The molecule has 1 aromatic rings. The lowest BCUT2D eigenvalue weighted by molar-refractivity contribution is -0.135. The third kappa shape index (κ3) is 3.55. The van der Waals surface area contributed by atoms with E-state index < -0.39 is 18.2 Å². The predicted octanol–water partition coefficient (Wildman–Crippen LogP) is 0.852. The summed E-state index contributed by atoms with van der Waals surface area (Å²) in [5, 5.41) is 11.6. The highest BCUT2D eigenvalue weighted by Gasteiger charge is 2.34. The van der Waals surface area contributed by atoms with Gasteiger partial charge >= 0.3 is 6.03 Å². The first-order valence-corrected chi connectivity index (χ1v) is 6.50. The van der Waals surface area contributed by atoms with E-state index in [4.69, 9.17) is 4.74 Å². The Bertz CT molecular complexity index is 459. The van der Waals surface area contributed by atoms with Crippen molar-refractivity contribution in [3.8, 4) is 0 Å². The zero-order valence-electron chi connectivity index (χ0n) is 11.3. The van der Waals surface area contributed by atoms with Crippen molar-refractivity contribution in [3.05, 3.63) is 35.9 Å². The highest BCUT2D eigenvalue weighted by molar-refractivity contribution is 5.97. The monoisotopic (exact) mass is 278 g/mol. The SMILES string of the molecule is C[C@H](COCc1ccccc1)N1C(=O)CC(O)NC1=O. The van der Waals surface area contributed by atoms with Crippen LogP contribution in [0.5, 0.6) is 0 Å². The van der Waals surface area contributed by atoms with Gasteiger partial charge in [0.25, 0.3) is 0 Å². The van der Waals surface area contributed by atoms with E-state index in [1.807, 2.05) is 30.3 Å². The van der Waals surface area contributed by atoms with E-state index in [0.717, 1.165) is 10.5 Å². The van der Waals surface area contributed by atoms with Crippen LogP contribution in [0.4, 0.5) is 4.79 Å². The Kier molecular flexibility index (Phi) is 4.70. The number of ether oxygens (including phenoxy) is 1. The zero-order chi connectivity index (χ0) is 14.5. The second kappa shape index (κ2) is 6.49. The van der Waals surface area contributed by atoms with E-state index in [2.05, 4.69) is 5.32 Å². The average Bonchev–Trinajstić information content (AvgIpc) is 2.38. The Balaban J connectivity index is 1.84. The molecule has 1 aliphatic rings. The molecule has 0 aromatic heterocycles. The molecule has 1 aromatic carbocycles. The maximum Gasteiger partial charge on any atom is 0.326 e. The second-order valence-corrected chi connectivity index (χ2v) is 4.78. The minimum absolute atomic E-state index is 0.102. The molecular formula is C14H18N2O4. The van der Waals surface area contributed by atoms with Crippen LogP contribution in [0.15, 0.2) is 30.3 Å². The van der Waals surface area contributed by atoms with Crippen LogP contribution >= 0.6 is 0 Å². The number of rotatable bonds is 5. The second-order valence-electron chi connectivity index (χ2n) is 4.78. The molecule has 6 nitrogen and oxygen atoms in total. The molecule has 0 radical (unpaired) electrons. The Morgan fingerprint density at radius 3 is 2.75 bits per heavy atom.